The summed E-state index contributed by atoms with van der Waals surface area (Å²) in [7, 11) is -1.73. The molecule has 0 aliphatic heterocycles. The lowest BCUT2D eigenvalue weighted by atomic mass is 10.8. The number of rotatable bonds is 6. The SMILES string of the molecule is C[Si](C)(C)CCOCC[Si](C)(C)C. The molecule has 0 amide bonds. The molecule has 0 N–H and O–H groups in total. The van der Waals surface area contributed by atoms with E-state index in [-0.39, 0.29) is 0 Å². The van der Waals surface area contributed by atoms with Gasteiger partial charge in [0.25, 0.3) is 0 Å². The molecule has 0 saturated carbocycles. The Morgan fingerprint density at radius 1 is 0.692 bits per heavy atom. The Balaban J connectivity index is 3.28. The molecule has 0 bridgehead atoms. The van der Waals surface area contributed by atoms with Gasteiger partial charge in [-0.15, -0.1) is 0 Å². The smallest absolute Gasteiger partial charge is 0.0466 e. The maximum atomic E-state index is 5.66. The summed E-state index contributed by atoms with van der Waals surface area (Å²) in [6.07, 6.45) is 0. The van der Waals surface area contributed by atoms with Crippen LogP contribution in [0.2, 0.25) is 51.4 Å². The number of ether oxygens (including phenoxy) is 1. The minimum absolute atomic E-state index is 0.867. The lowest BCUT2D eigenvalue weighted by molar-refractivity contribution is 0.160. The Morgan fingerprint density at radius 2 is 1.00 bits per heavy atom. The van der Waals surface area contributed by atoms with Crippen molar-refractivity contribution in [3.8, 4) is 0 Å². The maximum Gasteiger partial charge on any atom is 0.0466 e. The van der Waals surface area contributed by atoms with E-state index in [1.165, 1.54) is 12.1 Å². The Morgan fingerprint density at radius 3 is 1.23 bits per heavy atom. The van der Waals surface area contributed by atoms with Gasteiger partial charge in [0.2, 0.25) is 0 Å². The van der Waals surface area contributed by atoms with E-state index in [9.17, 15) is 0 Å². The first-order chi connectivity index (χ1) is 5.71. The minimum atomic E-state index is -0.867. The Hall–Kier alpha value is 0.394. The highest BCUT2D eigenvalue weighted by molar-refractivity contribution is 6.76. The summed E-state index contributed by atoms with van der Waals surface area (Å²) in [4.78, 5) is 0. The lowest BCUT2D eigenvalue weighted by Gasteiger charge is -2.18. The van der Waals surface area contributed by atoms with Crippen molar-refractivity contribution in [3.05, 3.63) is 0 Å². The maximum absolute atomic E-state index is 5.66. The standard InChI is InChI=1S/C10H26OSi2/c1-12(2,3)9-7-11-8-10-13(4,5)6/h7-10H2,1-6H3. The van der Waals surface area contributed by atoms with Crippen LogP contribution in [-0.4, -0.2) is 29.4 Å². The summed E-state index contributed by atoms with van der Waals surface area (Å²) in [5.41, 5.74) is 0. The van der Waals surface area contributed by atoms with Crippen molar-refractivity contribution >= 4 is 16.1 Å². The van der Waals surface area contributed by atoms with Crippen LogP contribution in [0.4, 0.5) is 0 Å². The van der Waals surface area contributed by atoms with Gasteiger partial charge in [0.15, 0.2) is 0 Å². The number of hydrogen-bond donors (Lipinski definition) is 0. The van der Waals surface area contributed by atoms with Crippen LogP contribution in [0.25, 0.3) is 0 Å². The third kappa shape index (κ3) is 12.4. The van der Waals surface area contributed by atoms with Gasteiger partial charge in [0.1, 0.15) is 0 Å². The topological polar surface area (TPSA) is 9.23 Å². The molecule has 0 fully saturated rings. The van der Waals surface area contributed by atoms with E-state index in [2.05, 4.69) is 39.3 Å². The van der Waals surface area contributed by atoms with Crippen molar-refractivity contribution in [1.29, 1.82) is 0 Å². The first-order valence-electron chi connectivity index (χ1n) is 5.28. The number of hydrogen-bond acceptors (Lipinski definition) is 1. The van der Waals surface area contributed by atoms with Crippen molar-refractivity contribution < 1.29 is 4.74 Å². The molecule has 3 heteroatoms. The fraction of sp³-hybridized carbons (Fsp3) is 1.00. The first-order valence-corrected chi connectivity index (χ1v) is 12.7. The van der Waals surface area contributed by atoms with Gasteiger partial charge in [-0.1, -0.05) is 39.3 Å². The molecule has 0 heterocycles. The molecule has 13 heavy (non-hydrogen) atoms. The largest absolute Gasteiger partial charge is 0.382 e. The third-order valence-corrected chi connectivity index (χ3v) is 5.40. The second-order valence-corrected chi connectivity index (χ2v) is 17.5. The molecule has 0 radical (unpaired) electrons. The first kappa shape index (κ1) is 13.4. The van der Waals surface area contributed by atoms with Crippen molar-refractivity contribution in [2.45, 2.75) is 51.4 Å². The van der Waals surface area contributed by atoms with Crippen LogP contribution in [0, 0.1) is 0 Å². The Labute approximate surface area is 85.9 Å². The molecule has 80 valence electrons. The average molecular weight is 218 g/mol. The summed E-state index contributed by atoms with van der Waals surface area (Å²) in [6.45, 7) is 16.4. The fourth-order valence-corrected chi connectivity index (χ4v) is 2.37. The van der Waals surface area contributed by atoms with Crippen molar-refractivity contribution in [2.24, 2.45) is 0 Å². The molecular formula is C10H26OSi2. The van der Waals surface area contributed by atoms with Crippen LogP contribution in [0.3, 0.4) is 0 Å². The zero-order chi connectivity index (χ0) is 10.5. The average Bonchev–Trinajstić information content (AvgIpc) is 1.81. The highest BCUT2D eigenvalue weighted by Crippen LogP contribution is 2.10. The Bertz CT molecular complexity index is 117. The van der Waals surface area contributed by atoms with Crippen LogP contribution in [0.15, 0.2) is 0 Å². The van der Waals surface area contributed by atoms with Crippen LogP contribution in [-0.2, 0) is 4.74 Å². The van der Waals surface area contributed by atoms with Crippen molar-refractivity contribution in [1.82, 2.24) is 0 Å². The highest BCUT2D eigenvalue weighted by Gasteiger charge is 2.14. The summed E-state index contributed by atoms with van der Waals surface area (Å²) >= 11 is 0. The second kappa shape index (κ2) is 5.32. The van der Waals surface area contributed by atoms with Crippen molar-refractivity contribution in [2.75, 3.05) is 13.2 Å². The molecule has 1 nitrogen and oxygen atoms in total. The van der Waals surface area contributed by atoms with E-state index in [1.807, 2.05) is 0 Å². The zero-order valence-corrected chi connectivity index (χ0v) is 12.2. The summed E-state index contributed by atoms with van der Waals surface area (Å²) < 4.78 is 5.66. The van der Waals surface area contributed by atoms with E-state index < -0.39 is 16.1 Å². The second-order valence-electron chi connectivity index (χ2n) is 6.23. The molecule has 0 saturated heterocycles. The highest BCUT2D eigenvalue weighted by atomic mass is 28.3. The molecule has 0 aromatic rings. The van der Waals surface area contributed by atoms with Crippen LogP contribution < -0.4 is 0 Å². The lowest BCUT2D eigenvalue weighted by Crippen LogP contribution is -2.24. The van der Waals surface area contributed by atoms with Gasteiger partial charge in [-0.3, -0.25) is 0 Å². The Kier molecular flexibility index (Phi) is 5.48. The van der Waals surface area contributed by atoms with Gasteiger partial charge >= 0.3 is 0 Å². The van der Waals surface area contributed by atoms with Crippen LogP contribution >= 0.6 is 0 Å². The van der Waals surface area contributed by atoms with Gasteiger partial charge in [-0.05, 0) is 12.1 Å². The minimum Gasteiger partial charge on any atom is -0.382 e. The summed E-state index contributed by atoms with van der Waals surface area (Å²) in [6, 6.07) is 2.61. The molecule has 0 atom stereocenters. The molecule has 0 aliphatic rings. The van der Waals surface area contributed by atoms with Gasteiger partial charge in [0.05, 0.1) is 0 Å². The summed E-state index contributed by atoms with van der Waals surface area (Å²) in [5.74, 6) is 0. The van der Waals surface area contributed by atoms with E-state index in [0.29, 0.717) is 0 Å². The molecule has 0 aromatic heterocycles. The van der Waals surface area contributed by atoms with Gasteiger partial charge < -0.3 is 4.74 Å². The van der Waals surface area contributed by atoms with E-state index in [4.69, 9.17) is 4.74 Å². The van der Waals surface area contributed by atoms with Gasteiger partial charge in [-0.2, -0.15) is 0 Å². The third-order valence-electron chi connectivity index (χ3n) is 1.99. The van der Waals surface area contributed by atoms with Crippen LogP contribution in [0.1, 0.15) is 0 Å². The molecule has 0 aromatic carbocycles. The van der Waals surface area contributed by atoms with E-state index in [1.54, 1.807) is 0 Å². The van der Waals surface area contributed by atoms with Gasteiger partial charge in [-0.25, -0.2) is 0 Å². The normalized spacial score (nSPS) is 13.4. The molecule has 0 unspecified atom stereocenters. The zero-order valence-electron chi connectivity index (χ0n) is 10.2. The molecule has 0 spiro atoms. The molecule has 0 rings (SSSR count). The van der Waals surface area contributed by atoms with Crippen molar-refractivity contribution in [3.63, 3.8) is 0 Å². The summed E-state index contributed by atoms with van der Waals surface area (Å²) in [5, 5.41) is 0. The monoisotopic (exact) mass is 218 g/mol. The molecular weight excluding hydrogens is 192 g/mol. The van der Waals surface area contributed by atoms with E-state index in [0.717, 1.165) is 13.2 Å². The quantitative estimate of drug-likeness (QED) is 0.488. The van der Waals surface area contributed by atoms with Crippen LogP contribution in [0.5, 0.6) is 0 Å². The van der Waals surface area contributed by atoms with E-state index >= 15 is 0 Å². The predicted octanol–water partition coefficient (Wildman–Crippen LogP) is 3.68. The molecule has 0 aliphatic carbocycles. The predicted molar refractivity (Wildman–Crippen MR) is 67.1 cm³/mol. The fourth-order valence-electron chi connectivity index (χ4n) is 0.859. The van der Waals surface area contributed by atoms with Gasteiger partial charge in [0, 0.05) is 29.4 Å².